The predicted octanol–water partition coefficient (Wildman–Crippen LogP) is 4.54. The summed E-state index contributed by atoms with van der Waals surface area (Å²) in [5.74, 6) is 0.827. The Balaban J connectivity index is 0.00000225. The molecule has 0 amide bonds. The van der Waals surface area contributed by atoms with Gasteiger partial charge in [0.2, 0.25) is 10.0 Å². The zero-order valence-corrected chi connectivity index (χ0v) is 18.4. The fourth-order valence-electron chi connectivity index (χ4n) is 4.76. The van der Waals surface area contributed by atoms with Crippen molar-refractivity contribution in [3.05, 3.63) is 42.5 Å². The van der Waals surface area contributed by atoms with Crippen molar-refractivity contribution >= 4 is 33.2 Å². The van der Waals surface area contributed by atoms with Gasteiger partial charge in [0.25, 0.3) is 0 Å². The molecular formula is C22H31ClN2O2S. The van der Waals surface area contributed by atoms with E-state index in [1.165, 1.54) is 25.9 Å². The summed E-state index contributed by atoms with van der Waals surface area (Å²) in [5.41, 5.74) is 0. The molecule has 1 saturated heterocycles. The zero-order valence-electron chi connectivity index (χ0n) is 16.8. The molecule has 6 heteroatoms. The van der Waals surface area contributed by atoms with E-state index in [-0.39, 0.29) is 18.4 Å². The molecular weight excluding hydrogens is 392 g/mol. The lowest BCUT2D eigenvalue weighted by Gasteiger charge is -2.35. The highest BCUT2D eigenvalue weighted by atomic mass is 35.5. The first-order valence-electron chi connectivity index (χ1n) is 10.2. The van der Waals surface area contributed by atoms with Crippen LogP contribution in [0.25, 0.3) is 10.8 Å². The van der Waals surface area contributed by atoms with E-state index in [1.54, 1.807) is 17.4 Å². The third-order valence-corrected chi connectivity index (χ3v) is 8.60. The Morgan fingerprint density at radius 1 is 0.964 bits per heavy atom. The highest BCUT2D eigenvalue weighted by Gasteiger charge is 2.37. The summed E-state index contributed by atoms with van der Waals surface area (Å²) >= 11 is 0. The maximum Gasteiger partial charge on any atom is 0.243 e. The molecule has 0 bridgehead atoms. The van der Waals surface area contributed by atoms with Crippen LogP contribution in [0.4, 0.5) is 0 Å². The minimum absolute atomic E-state index is 0. The largest absolute Gasteiger partial charge is 0.300 e. The Kier molecular flexibility index (Phi) is 6.70. The van der Waals surface area contributed by atoms with E-state index in [2.05, 4.69) is 11.8 Å². The van der Waals surface area contributed by atoms with Gasteiger partial charge < -0.3 is 4.90 Å². The third-order valence-electron chi connectivity index (χ3n) is 6.63. The number of halogens is 1. The van der Waals surface area contributed by atoms with Crippen LogP contribution < -0.4 is 0 Å². The van der Waals surface area contributed by atoms with Gasteiger partial charge >= 0.3 is 0 Å². The Bertz CT molecular complexity index is 904. The second-order valence-electron chi connectivity index (χ2n) is 8.34. The number of rotatable bonds is 4. The van der Waals surface area contributed by atoms with Gasteiger partial charge in [-0.15, -0.1) is 12.4 Å². The average molecular weight is 423 g/mol. The fourth-order valence-corrected chi connectivity index (χ4v) is 6.37. The lowest BCUT2D eigenvalue weighted by Crippen LogP contribution is -2.41. The second kappa shape index (κ2) is 8.70. The Morgan fingerprint density at radius 3 is 2.39 bits per heavy atom. The molecule has 1 aliphatic heterocycles. The molecule has 2 aromatic carbocycles. The summed E-state index contributed by atoms with van der Waals surface area (Å²) in [5, 5.41) is 1.78. The molecule has 2 atom stereocenters. The molecule has 1 aliphatic carbocycles. The molecule has 0 unspecified atom stereocenters. The maximum atomic E-state index is 13.4. The lowest BCUT2D eigenvalue weighted by molar-refractivity contribution is 0.136. The van der Waals surface area contributed by atoms with Crippen LogP contribution in [0.5, 0.6) is 0 Å². The predicted molar refractivity (Wildman–Crippen MR) is 118 cm³/mol. The highest BCUT2D eigenvalue weighted by molar-refractivity contribution is 7.89. The smallest absolute Gasteiger partial charge is 0.243 e. The number of fused-ring (bicyclic) bond motifs is 1. The maximum absolute atomic E-state index is 13.4. The number of sulfonamides is 1. The summed E-state index contributed by atoms with van der Waals surface area (Å²) in [6, 6.07) is 13.9. The molecule has 0 aromatic heterocycles. The molecule has 0 radical (unpaired) electrons. The zero-order chi connectivity index (χ0) is 19.0. The van der Waals surface area contributed by atoms with Gasteiger partial charge in [0.15, 0.2) is 0 Å². The van der Waals surface area contributed by atoms with E-state index in [4.69, 9.17) is 0 Å². The first-order valence-corrected chi connectivity index (χ1v) is 11.6. The van der Waals surface area contributed by atoms with E-state index in [0.717, 1.165) is 36.0 Å². The Hall–Kier alpha value is -1.14. The van der Waals surface area contributed by atoms with Gasteiger partial charge in [-0.2, -0.15) is 4.31 Å². The molecule has 4 nitrogen and oxygen atoms in total. The number of hydrogen-bond acceptors (Lipinski definition) is 3. The van der Waals surface area contributed by atoms with Crippen LogP contribution in [0.15, 0.2) is 47.4 Å². The van der Waals surface area contributed by atoms with Crippen LogP contribution in [0, 0.1) is 5.92 Å². The summed E-state index contributed by atoms with van der Waals surface area (Å²) < 4.78 is 28.4. The fraction of sp³-hybridized carbons (Fsp3) is 0.545. The van der Waals surface area contributed by atoms with Crippen LogP contribution in [0.2, 0.25) is 0 Å². The van der Waals surface area contributed by atoms with Crippen molar-refractivity contribution in [2.45, 2.75) is 56.0 Å². The molecule has 1 heterocycles. The molecule has 2 aliphatic rings. The van der Waals surface area contributed by atoms with Gasteiger partial charge in [0, 0.05) is 24.5 Å². The topological polar surface area (TPSA) is 40.6 Å². The van der Waals surface area contributed by atoms with E-state index in [0.29, 0.717) is 10.9 Å². The van der Waals surface area contributed by atoms with Crippen molar-refractivity contribution in [2.24, 2.45) is 5.92 Å². The number of nitrogens with zero attached hydrogens (tertiary/aromatic N) is 2. The van der Waals surface area contributed by atoms with E-state index < -0.39 is 10.0 Å². The monoisotopic (exact) mass is 422 g/mol. The van der Waals surface area contributed by atoms with Gasteiger partial charge in [-0.3, -0.25) is 0 Å². The van der Waals surface area contributed by atoms with Gasteiger partial charge in [0.1, 0.15) is 0 Å². The van der Waals surface area contributed by atoms with Gasteiger partial charge in [-0.05, 0) is 62.6 Å². The van der Waals surface area contributed by atoms with Crippen molar-refractivity contribution in [1.82, 2.24) is 9.21 Å². The number of benzene rings is 2. The number of hydrogen-bond donors (Lipinski definition) is 0. The van der Waals surface area contributed by atoms with Crippen molar-refractivity contribution in [3.63, 3.8) is 0 Å². The van der Waals surface area contributed by atoms with Crippen molar-refractivity contribution in [2.75, 3.05) is 20.1 Å². The molecule has 28 heavy (non-hydrogen) atoms. The second-order valence-corrected chi connectivity index (χ2v) is 10.3. The quantitative estimate of drug-likeness (QED) is 0.726. The van der Waals surface area contributed by atoms with E-state index >= 15 is 0 Å². The standard InChI is InChI=1S/C22H30N2O2S.ClH/c1-17-12-14-24(15-13-17)20-11-10-19(16-20)23(2)27(25,26)22-9-5-7-18-6-3-4-8-21(18)22;/h3-9,17,19-20H,10-16H2,1-2H3;1H/t19-,20+;/m0./s1. The molecule has 4 rings (SSSR count). The summed E-state index contributed by atoms with van der Waals surface area (Å²) in [6.45, 7) is 4.66. The summed E-state index contributed by atoms with van der Waals surface area (Å²) in [4.78, 5) is 3.02. The number of piperidine rings is 1. The minimum Gasteiger partial charge on any atom is -0.300 e. The van der Waals surface area contributed by atoms with Gasteiger partial charge in [-0.25, -0.2) is 8.42 Å². The van der Waals surface area contributed by atoms with Crippen LogP contribution in [0.3, 0.4) is 0 Å². The molecule has 2 aromatic rings. The van der Waals surface area contributed by atoms with Crippen molar-refractivity contribution in [1.29, 1.82) is 0 Å². The first kappa shape index (κ1) is 21.6. The SMILES string of the molecule is CC1CCN([C@@H]2CC[C@H](N(C)S(=O)(=O)c3cccc4ccccc34)C2)CC1.Cl. The van der Waals surface area contributed by atoms with E-state index in [1.807, 2.05) is 36.4 Å². The molecule has 154 valence electrons. The average Bonchev–Trinajstić information content (AvgIpc) is 3.17. The van der Waals surface area contributed by atoms with Crippen molar-refractivity contribution < 1.29 is 8.42 Å². The van der Waals surface area contributed by atoms with Crippen LogP contribution in [-0.4, -0.2) is 49.8 Å². The Labute approximate surface area is 175 Å². The minimum atomic E-state index is -3.50. The van der Waals surface area contributed by atoms with Gasteiger partial charge in [0.05, 0.1) is 4.90 Å². The van der Waals surface area contributed by atoms with Crippen LogP contribution >= 0.6 is 12.4 Å². The number of likely N-dealkylation sites (tertiary alicyclic amines) is 1. The van der Waals surface area contributed by atoms with Gasteiger partial charge in [-0.1, -0.05) is 43.3 Å². The summed E-state index contributed by atoms with van der Waals surface area (Å²) in [6.07, 6.45) is 5.55. The first-order chi connectivity index (χ1) is 13.0. The molecule has 0 spiro atoms. The summed E-state index contributed by atoms with van der Waals surface area (Å²) in [7, 11) is -1.73. The molecule has 1 saturated carbocycles. The molecule has 0 N–H and O–H groups in total. The Morgan fingerprint density at radius 2 is 1.64 bits per heavy atom. The normalized spacial score (nSPS) is 24.5. The third kappa shape index (κ3) is 4.09. The molecule has 2 fully saturated rings. The van der Waals surface area contributed by atoms with Crippen LogP contribution in [0.1, 0.15) is 39.0 Å². The van der Waals surface area contributed by atoms with Crippen molar-refractivity contribution in [3.8, 4) is 0 Å². The highest BCUT2D eigenvalue weighted by Crippen LogP contribution is 2.34. The lowest BCUT2D eigenvalue weighted by atomic mass is 9.97. The van der Waals surface area contributed by atoms with E-state index in [9.17, 15) is 8.42 Å². The van der Waals surface area contributed by atoms with Crippen LogP contribution in [-0.2, 0) is 10.0 Å².